The smallest absolute Gasteiger partial charge is 0.163 e. The molecule has 140 valence electrons. The Balaban J connectivity index is 1.69. The zero-order valence-corrected chi connectivity index (χ0v) is 16.1. The molecule has 2 aromatic heterocycles. The minimum absolute atomic E-state index is 0.316. The lowest BCUT2D eigenvalue weighted by atomic mass is 10.1. The Hall–Kier alpha value is -3.31. The molecular weight excluding hydrogens is 346 g/mol. The normalized spacial score (nSPS) is 12.2. The van der Waals surface area contributed by atoms with Crippen molar-refractivity contribution in [1.82, 2.24) is 15.0 Å². The van der Waals surface area contributed by atoms with E-state index in [-0.39, 0.29) is 0 Å². The predicted octanol–water partition coefficient (Wildman–Crippen LogP) is 2.99. The number of rotatable bonds is 6. The Kier molecular flexibility index (Phi) is 5.26. The minimum atomic E-state index is 0.316. The third-order valence-electron chi connectivity index (χ3n) is 4.90. The van der Waals surface area contributed by atoms with Crippen LogP contribution in [0.2, 0.25) is 0 Å². The lowest BCUT2D eigenvalue weighted by Gasteiger charge is -2.23. The molecule has 0 radical (unpaired) electrons. The van der Waals surface area contributed by atoms with E-state index in [1.54, 1.807) is 12.4 Å². The van der Waals surface area contributed by atoms with Crippen molar-refractivity contribution in [3.8, 4) is 11.4 Å². The van der Waals surface area contributed by atoms with Crippen molar-refractivity contribution in [2.75, 3.05) is 26.0 Å². The second kappa shape index (κ2) is 8.15. The molecule has 4 rings (SSSR count). The number of para-hydroxylation sites is 1. The van der Waals surface area contributed by atoms with Crippen molar-refractivity contribution in [3.05, 3.63) is 84.7 Å². The maximum absolute atomic E-state index is 4.82. The molecule has 28 heavy (non-hydrogen) atoms. The Labute approximate surface area is 165 Å². The van der Waals surface area contributed by atoms with E-state index in [0.29, 0.717) is 11.9 Å². The van der Waals surface area contributed by atoms with E-state index in [2.05, 4.69) is 60.8 Å². The first-order valence-electron chi connectivity index (χ1n) is 9.48. The van der Waals surface area contributed by atoms with E-state index in [0.717, 1.165) is 28.8 Å². The number of benzene rings is 2. The van der Waals surface area contributed by atoms with Gasteiger partial charge in [-0.3, -0.25) is 4.98 Å². The molecule has 0 aliphatic heterocycles. The summed E-state index contributed by atoms with van der Waals surface area (Å²) >= 11 is 0. The summed E-state index contributed by atoms with van der Waals surface area (Å²) < 4.78 is 0. The van der Waals surface area contributed by atoms with Crippen LogP contribution in [0.3, 0.4) is 0 Å². The van der Waals surface area contributed by atoms with Crippen molar-refractivity contribution in [2.45, 2.75) is 6.04 Å². The average molecular weight is 370 g/mol. The van der Waals surface area contributed by atoms with Gasteiger partial charge >= 0.3 is 0 Å². The molecule has 0 saturated carbocycles. The van der Waals surface area contributed by atoms with Gasteiger partial charge in [-0.05, 0) is 24.3 Å². The lowest BCUT2D eigenvalue weighted by Crippen LogP contribution is -3.06. The van der Waals surface area contributed by atoms with Gasteiger partial charge in [0.05, 0.1) is 26.2 Å². The predicted molar refractivity (Wildman–Crippen MR) is 113 cm³/mol. The summed E-state index contributed by atoms with van der Waals surface area (Å²) in [6.45, 7) is 0.778. The molecule has 0 spiro atoms. The fraction of sp³-hybridized carbons (Fsp3) is 0.174. The number of nitrogens with zero attached hydrogens (tertiary/aromatic N) is 3. The quantitative estimate of drug-likeness (QED) is 0.548. The Bertz CT molecular complexity index is 1050. The number of hydrogen-bond donors (Lipinski definition) is 2. The van der Waals surface area contributed by atoms with Crippen molar-refractivity contribution < 1.29 is 4.90 Å². The molecule has 2 N–H and O–H groups in total. The topological polar surface area (TPSA) is 55.1 Å². The van der Waals surface area contributed by atoms with E-state index in [1.165, 1.54) is 10.5 Å². The molecule has 5 nitrogen and oxygen atoms in total. The highest BCUT2D eigenvalue weighted by molar-refractivity contribution is 5.90. The van der Waals surface area contributed by atoms with Gasteiger partial charge in [-0.1, -0.05) is 42.5 Å². The van der Waals surface area contributed by atoms with Gasteiger partial charge in [0.15, 0.2) is 5.82 Å². The highest BCUT2D eigenvalue weighted by Crippen LogP contribution is 2.25. The van der Waals surface area contributed by atoms with E-state index in [4.69, 9.17) is 9.97 Å². The summed E-state index contributed by atoms with van der Waals surface area (Å²) in [7, 11) is 4.36. The highest BCUT2D eigenvalue weighted by atomic mass is 15.1. The molecule has 0 unspecified atom stereocenters. The van der Waals surface area contributed by atoms with Crippen LogP contribution in [0.25, 0.3) is 22.3 Å². The first-order chi connectivity index (χ1) is 13.7. The number of likely N-dealkylation sites (N-methyl/N-ethyl adjacent to an activating group) is 1. The average Bonchev–Trinajstić information content (AvgIpc) is 2.75. The van der Waals surface area contributed by atoms with Crippen LogP contribution in [-0.2, 0) is 0 Å². The molecule has 0 bridgehead atoms. The minimum Gasteiger partial charge on any atom is -0.363 e. The number of nitrogens with one attached hydrogen (secondary N) is 2. The molecule has 2 heterocycles. The highest BCUT2D eigenvalue weighted by Gasteiger charge is 2.18. The van der Waals surface area contributed by atoms with Crippen molar-refractivity contribution in [1.29, 1.82) is 0 Å². The third-order valence-corrected chi connectivity index (χ3v) is 4.90. The zero-order valence-electron chi connectivity index (χ0n) is 16.1. The van der Waals surface area contributed by atoms with E-state index in [1.807, 2.05) is 30.3 Å². The second-order valence-electron chi connectivity index (χ2n) is 7.08. The van der Waals surface area contributed by atoms with Crippen LogP contribution in [0.15, 0.2) is 79.1 Å². The number of hydrogen-bond acceptors (Lipinski definition) is 4. The molecule has 4 aromatic rings. The van der Waals surface area contributed by atoms with Gasteiger partial charge in [-0.25, -0.2) is 9.97 Å². The number of fused-ring (bicyclic) bond motifs is 1. The molecule has 0 fully saturated rings. The first kappa shape index (κ1) is 18.1. The summed E-state index contributed by atoms with van der Waals surface area (Å²) in [6.07, 6.45) is 3.55. The van der Waals surface area contributed by atoms with Crippen LogP contribution in [-0.4, -0.2) is 35.6 Å². The molecule has 5 heteroatoms. The second-order valence-corrected chi connectivity index (χ2v) is 7.08. The molecule has 0 saturated heterocycles. The Morgan fingerprint density at radius 1 is 0.893 bits per heavy atom. The van der Waals surface area contributed by atoms with Crippen LogP contribution in [0.1, 0.15) is 11.6 Å². The molecule has 0 aliphatic rings. The molecule has 0 amide bonds. The molecule has 2 aromatic carbocycles. The van der Waals surface area contributed by atoms with Crippen molar-refractivity contribution in [2.24, 2.45) is 0 Å². The standard InChI is InChI=1S/C23H23N5/c1-28(2)21(17-9-4-3-5-10-17)16-25-23-19-12-6-7-13-20(19)26-22(27-23)18-11-8-14-24-15-18/h3-15,21H,16H2,1-2H3,(H,25,26,27)/p+1/t21-/m0/s1. The fourth-order valence-corrected chi connectivity index (χ4v) is 3.37. The SMILES string of the molecule is C[NH+](C)[C@@H](CNc1nc(-c2cccnc2)nc2ccccc12)c1ccccc1. The van der Waals surface area contributed by atoms with Gasteiger partial charge in [0.2, 0.25) is 0 Å². The maximum atomic E-state index is 4.82. The lowest BCUT2D eigenvalue weighted by molar-refractivity contribution is -0.890. The summed E-state index contributed by atoms with van der Waals surface area (Å²) in [6, 6.07) is 22.9. The van der Waals surface area contributed by atoms with Gasteiger partial charge in [0.25, 0.3) is 0 Å². The van der Waals surface area contributed by atoms with Gasteiger partial charge < -0.3 is 10.2 Å². The largest absolute Gasteiger partial charge is 0.363 e. The zero-order chi connectivity index (χ0) is 19.3. The van der Waals surface area contributed by atoms with E-state index in [9.17, 15) is 0 Å². The van der Waals surface area contributed by atoms with E-state index < -0.39 is 0 Å². The van der Waals surface area contributed by atoms with Crippen molar-refractivity contribution >= 4 is 16.7 Å². The molecule has 0 aliphatic carbocycles. The monoisotopic (exact) mass is 370 g/mol. The van der Waals surface area contributed by atoms with Crippen LogP contribution < -0.4 is 10.2 Å². The molecular formula is C23H24N5+. The van der Waals surface area contributed by atoms with Crippen LogP contribution in [0, 0.1) is 0 Å². The Morgan fingerprint density at radius 3 is 2.43 bits per heavy atom. The van der Waals surface area contributed by atoms with Crippen LogP contribution in [0.5, 0.6) is 0 Å². The summed E-state index contributed by atoms with van der Waals surface area (Å²) in [5.41, 5.74) is 3.14. The number of quaternary nitrogens is 1. The van der Waals surface area contributed by atoms with Crippen molar-refractivity contribution in [3.63, 3.8) is 0 Å². The third kappa shape index (κ3) is 3.85. The number of aromatic nitrogens is 3. The van der Waals surface area contributed by atoms with Gasteiger partial charge in [-0.2, -0.15) is 0 Å². The summed E-state index contributed by atoms with van der Waals surface area (Å²) in [5.74, 6) is 1.54. The maximum Gasteiger partial charge on any atom is 0.163 e. The van der Waals surface area contributed by atoms with Crippen LogP contribution >= 0.6 is 0 Å². The summed E-state index contributed by atoms with van der Waals surface area (Å²) in [5, 5.41) is 4.61. The number of anilines is 1. The van der Waals surface area contributed by atoms with E-state index >= 15 is 0 Å². The van der Waals surface area contributed by atoms with Crippen LogP contribution in [0.4, 0.5) is 5.82 Å². The number of pyridine rings is 1. The fourth-order valence-electron chi connectivity index (χ4n) is 3.37. The van der Waals surface area contributed by atoms with Gasteiger partial charge in [-0.15, -0.1) is 0 Å². The van der Waals surface area contributed by atoms with Gasteiger partial charge in [0, 0.05) is 28.9 Å². The molecule has 1 atom stereocenters. The summed E-state index contributed by atoms with van der Waals surface area (Å²) in [4.78, 5) is 15.1. The van der Waals surface area contributed by atoms with Gasteiger partial charge in [0.1, 0.15) is 11.9 Å². The Morgan fingerprint density at radius 2 is 1.68 bits per heavy atom. The first-order valence-corrected chi connectivity index (χ1v) is 9.48.